The Bertz CT molecular complexity index is 1030. The highest BCUT2D eigenvalue weighted by Crippen LogP contribution is 2.20. The summed E-state index contributed by atoms with van der Waals surface area (Å²) in [5.74, 6) is 1.67. The van der Waals surface area contributed by atoms with Crippen LogP contribution in [0, 0.1) is 0 Å². The highest BCUT2D eigenvalue weighted by Gasteiger charge is 2.22. The van der Waals surface area contributed by atoms with Gasteiger partial charge in [-0.3, -0.25) is 9.69 Å². The third kappa shape index (κ3) is 5.69. The van der Waals surface area contributed by atoms with Crippen LogP contribution in [-0.4, -0.2) is 49.0 Å². The molecule has 0 atom stereocenters. The van der Waals surface area contributed by atoms with E-state index >= 15 is 0 Å². The summed E-state index contributed by atoms with van der Waals surface area (Å²) < 4.78 is 12.1. The molecular formula is C26H27BrN2O3. The number of benzene rings is 3. The SMILES string of the molecule is COc1ccc(OCc2ccc(C(=O)N3CCN(Cc4ccccc4Br)CC3)cc2)cc1. The van der Waals surface area contributed by atoms with Gasteiger partial charge in [0.1, 0.15) is 18.1 Å². The van der Waals surface area contributed by atoms with Crippen molar-refractivity contribution >= 4 is 21.8 Å². The summed E-state index contributed by atoms with van der Waals surface area (Å²) in [6.45, 7) is 4.58. The maximum absolute atomic E-state index is 12.9. The van der Waals surface area contributed by atoms with E-state index in [-0.39, 0.29) is 5.91 Å². The number of halogens is 1. The van der Waals surface area contributed by atoms with Crippen LogP contribution in [0.2, 0.25) is 0 Å². The minimum absolute atomic E-state index is 0.0909. The quantitative estimate of drug-likeness (QED) is 0.463. The largest absolute Gasteiger partial charge is 0.497 e. The number of carbonyl (C=O) groups is 1. The molecule has 1 amide bonds. The number of piperazine rings is 1. The van der Waals surface area contributed by atoms with E-state index in [1.54, 1.807) is 7.11 Å². The molecule has 0 N–H and O–H groups in total. The molecule has 0 saturated carbocycles. The summed E-state index contributed by atoms with van der Waals surface area (Å²) in [6.07, 6.45) is 0. The van der Waals surface area contributed by atoms with Gasteiger partial charge in [-0.2, -0.15) is 0 Å². The molecule has 3 aromatic rings. The van der Waals surface area contributed by atoms with Gasteiger partial charge in [0.05, 0.1) is 7.11 Å². The number of carbonyl (C=O) groups excluding carboxylic acids is 1. The van der Waals surface area contributed by atoms with Crippen LogP contribution < -0.4 is 9.47 Å². The number of hydrogen-bond acceptors (Lipinski definition) is 4. The Kier molecular flexibility index (Phi) is 7.45. The first-order valence-corrected chi connectivity index (χ1v) is 11.5. The Balaban J connectivity index is 1.27. The topological polar surface area (TPSA) is 42.0 Å². The lowest BCUT2D eigenvalue weighted by Crippen LogP contribution is -2.48. The fourth-order valence-electron chi connectivity index (χ4n) is 3.74. The van der Waals surface area contributed by atoms with Gasteiger partial charge in [0.15, 0.2) is 0 Å². The number of nitrogens with zero attached hydrogens (tertiary/aromatic N) is 2. The zero-order valence-electron chi connectivity index (χ0n) is 18.2. The fourth-order valence-corrected chi connectivity index (χ4v) is 4.15. The number of rotatable bonds is 7. The number of methoxy groups -OCH3 is 1. The van der Waals surface area contributed by atoms with E-state index in [4.69, 9.17) is 9.47 Å². The van der Waals surface area contributed by atoms with Crippen molar-refractivity contribution in [2.24, 2.45) is 0 Å². The molecule has 166 valence electrons. The van der Waals surface area contributed by atoms with E-state index in [1.807, 2.05) is 59.5 Å². The number of hydrogen-bond donors (Lipinski definition) is 0. The van der Waals surface area contributed by atoms with Crippen molar-refractivity contribution in [2.45, 2.75) is 13.2 Å². The molecule has 0 aromatic heterocycles. The van der Waals surface area contributed by atoms with E-state index in [1.165, 1.54) is 5.56 Å². The highest BCUT2D eigenvalue weighted by atomic mass is 79.9. The summed E-state index contributed by atoms with van der Waals surface area (Å²) in [6, 6.07) is 23.5. The summed E-state index contributed by atoms with van der Waals surface area (Å²) >= 11 is 3.62. The van der Waals surface area contributed by atoms with Crippen molar-refractivity contribution in [3.8, 4) is 11.5 Å². The first kappa shape index (κ1) is 22.4. The Hall–Kier alpha value is -2.83. The molecule has 1 saturated heterocycles. The van der Waals surface area contributed by atoms with Crippen molar-refractivity contribution < 1.29 is 14.3 Å². The first-order valence-electron chi connectivity index (χ1n) is 10.7. The van der Waals surface area contributed by atoms with Crippen molar-refractivity contribution in [3.05, 3.63) is 94.0 Å². The zero-order valence-corrected chi connectivity index (χ0v) is 19.8. The minimum atomic E-state index is 0.0909. The van der Waals surface area contributed by atoms with Crippen LogP contribution in [0.25, 0.3) is 0 Å². The van der Waals surface area contributed by atoms with Crippen LogP contribution in [-0.2, 0) is 13.2 Å². The van der Waals surface area contributed by atoms with E-state index in [2.05, 4.69) is 39.0 Å². The van der Waals surface area contributed by atoms with Gasteiger partial charge in [0.25, 0.3) is 5.91 Å². The molecule has 5 nitrogen and oxygen atoms in total. The van der Waals surface area contributed by atoms with Crippen molar-refractivity contribution in [1.29, 1.82) is 0 Å². The molecule has 6 heteroatoms. The van der Waals surface area contributed by atoms with Crippen LogP contribution in [0.15, 0.2) is 77.3 Å². The van der Waals surface area contributed by atoms with Crippen LogP contribution in [0.3, 0.4) is 0 Å². The average molecular weight is 495 g/mol. The van der Waals surface area contributed by atoms with Gasteiger partial charge in [-0.25, -0.2) is 0 Å². The molecule has 1 aliphatic heterocycles. The average Bonchev–Trinajstić information content (AvgIpc) is 2.85. The van der Waals surface area contributed by atoms with Gasteiger partial charge < -0.3 is 14.4 Å². The molecule has 1 heterocycles. The summed E-state index contributed by atoms with van der Waals surface area (Å²) in [7, 11) is 1.64. The Morgan fingerprint density at radius 2 is 1.53 bits per heavy atom. The summed E-state index contributed by atoms with van der Waals surface area (Å²) in [5.41, 5.74) is 3.02. The van der Waals surface area contributed by atoms with Gasteiger partial charge >= 0.3 is 0 Å². The van der Waals surface area contributed by atoms with E-state index in [0.29, 0.717) is 6.61 Å². The second-order valence-electron chi connectivity index (χ2n) is 7.82. The lowest BCUT2D eigenvalue weighted by atomic mass is 10.1. The predicted octanol–water partition coefficient (Wildman–Crippen LogP) is 4.99. The minimum Gasteiger partial charge on any atom is -0.497 e. The Morgan fingerprint density at radius 3 is 2.19 bits per heavy atom. The van der Waals surface area contributed by atoms with E-state index in [0.717, 1.165) is 59.8 Å². The summed E-state index contributed by atoms with van der Waals surface area (Å²) in [4.78, 5) is 17.3. The van der Waals surface area contributed by atoms with E-state index < -0.39 is 0 Å². The molecule has 32 heavy (non-hydrogen) atoms. The van der Waals surface area contributed by atoms with Gasteiger partial charge in [-0.1, -0.05) is 46.3 Å². The fraction of sp³-hybridized carbons (Fsp3) is 0.269. The molecule has 0 aliphatic carbocycles. The lowest BCUT2D eigenvalue weighted by molar-refractivity contribution is 0.0628. The van der Waals surface area contributed by atoms with Gasteiger partial charge in [-0.05, 0) is 53.6 Å². The van der Waals surface area contributed by atoms with Gasteiger partial charge in [0, 0.05) is 42.8 Å². The second kappa shape index (κ2) is 10.7. The molecule has 0 spiro atoms. The van der Waals surface area contributed by atoms with Gasteiger partial charge in [-0.15, -0.1) is 0 Å². The maximum Gasteiger partial charge on any atom is 0.253 e. The summed E-state index contributed by atoms with van der Waals surface area (Å²) in [5, 5.41) is 0. The van der Waals surface area contributed by atoms with E-state index in [9.17, 15) is 4.79 Å². The smallest absolute Gasteiger partial charge is 0.253 e. The standard InChI is InChI=1S/C26H27BrN2O3/c1-31-23-10-12-24(13-11-23)32-19-20-6-8-21(9-7-20)26(30)29-16-14-28(15-17-29)18-22-4-2-3-5-25(22)27/h2-13H,14-19H2,1H3. The lowest BCUT2D eigenvalue weighted by Gasteiger charge is -2.35. The van der Waals surface area contributed by atoms with Crippen LogP contribution in [0.5, 0.6) is 11.5 Å². The third-order valence-electron chi connectivity index (χ3n) is 5.68. The second-order valence-corrected chi connectivity index (χ2v) is 8.68. The van der Waals surface area contributed by atoms with Crippen LogP contribution >= 0.6 is 15.9 Å². The molecule has 1 fully saturated rings. The monoisotopic (exact) mass is 494 g/mol. The number of amides is 1. The Morgan fingerprint density at radius 1 is 0.875 bits per heavy atom. The normalized spacial score (nSPS) is 14.2. The molecule has 0 bridgehead atoms. The van der Waals surface area contributed by atoms with Crippen molar-refractivity contribution in [2.75, 3.05) is 33.3 Å². The van der Waals surface area contributed by atoms with Gasteiger partial charge in [0.2, 0.25) is 0 Å². The maximum atomic E-state index is 12.9. The molecule has 3 aromatic carbocycles. The van der Waals surface area contributed by atoms with Crippen LogP contribution in [0.4, 0.5) is 0 Å². The molecule has 1 aliphatic rings. The highest BCUT2D eigenvalue weighted by molar-refractivity contribution is 9.10. The van der Waals surface area contributed by atoms with Crippen molar-refractivity contribution in [1.82, 2.24) is 9.80 Å². The molecular weight excluding hydrogens is 468 g/mol. The zero-order chi connectivity index (χ0) is 22.3. The first-order chi connectivity index (χ1) is 15.6. The number of ether oxygens (including phenoxy) is 2. The predicted molar refractivity (Wildman–Crippen MR) is 129 cm³/mol. The molecule has 4 rings (SSSR count). The molecule has 0 radical (unpaired) electrons. The molecule has 0 unspecified atom stereocenters. The Labute approximate surface area is 197 Å². The van der Waals surface area contributed by atoms with Crippen molar-refractivity contribution in [3.63, 3.8) is 0 Å². The third-order valence-corrected chi connectivity index (χ3v) is 6.45. The van der Waals surface area contributed by atoms with Crippen LogP contribution in [0.1, 0.15) is 21.5 Å².